The summed E-state index contributed by atoms with van der Waals surface area (Å²) < 4.78 is 1.59. The average Bonchev–Trinajstić information content (AvgIpc) is 2.59. The Morgan fingerprint density at radius 1 is 1.53 bits per heavy atom. The van der Waals surface area contributed by atoms with Crippen molar-refractivity contribution in [2.45, 2.75) is 0 Å². The van der Waals surface area contributed by atoms with Gasteiger partial charge >= 0.3 is 0 Å². The first-order valence-electron chi connectivity index (χ1n) is 4.16. The first-order valence-corrected chi connectivity index (χ1v) is 6.15. The van der Waals surface area contributed by atoms with Gasteiger partial charge in [0.25, 0.3) is 0 Å². The molecule has 0 aromatic carbocycles. The van der Waals surface area contributed by atoms with Gasteiger partial charge in [-0.2, -0.15) is 0 Å². The van der Waals surface area contributed by atoms with Crippen LogP contribution in [0.1, 0.15) is 0 Å². The Hall–Kier alpha value is -0.650. The Labute approximate surface area is 105 Å². The zero-order chi connectivity index (χ0) is 10.8. The lowest BCUT2D eigenvalue weighted by Gasteiger charge is -1.99. The highest BCUT2D eigenvalue weighted by Crippen LogP contribution is 2.36. The highest BCUT2D eigenvalue weighted by atomic mass is 79.9. The van der Waals surface area contributed by atoms with Crippen LogP contribution in [0, 0.1) is 0 Å². The maximum atomic E-state index is 5.95. The largest absolute Gasteiger partial charge is 0.373 e. The average molecular weight is 305 g/mol. The Morgan fingerprint density at radius 2 is 2.33 bits per heavy atom. The normalized spacial score (nSPS) is 10.3. The van der Waals surface area contributed by atoms with E-state index in [9.17, 15) is 0 Å². The van der Waals surface area contributed by atoms with E-state index in [0.717, 1.165) is 15.2 Å². The van der Waals surface area contributed by atoms with Crippen molar-refractivity contribution >= 4 is 44.7 Å². The second-order valence-corrected chi connectivity index (χ2v) is 5.26. The molecular weight excluding hydrogens is 298 g/mol. The van der Waals surface area contributed by atoms with E-state index >= 15 is 0 Å². The monoisotopic (exact) mass is 303 g/mol. The molecule has 6 heteroatoms. The van der Waals surface area contributed by atoms with Crippen molar-refractivity contribution in [3.63, 3.8) is 0 Å². The molecule has 0 amide bonds. The molecule has 0 spiro atoms. The van der Waals surface area contributed by atoms with E-state index < -0.39 is 0 Å². The zero-order valence-corrected chi connectivity index (χ0v) is 10.9. The van der Waals surface area contributed by atoms with Crippen LogP contribution in [0.3, 0.4) is 0 Å². The number of nitrogens with zero attached hydrogens (tertiary/aromatic N) is 2. The number of hydrogen-bond acceptors (Lipinski definition) is 4. The lowest BCUT2D eigenvalue weighted by Crippen LogP contribution is -1.94. The topological polar surface area (TPSA) is 37.8 Å². The summed E-state index contributed by atoms with van der Waals surface area (Å²) >= 11 is 10.8. The minimum atomic E-state index is 0.680. The number of rotatable bonds is 2. The third-order valence-corrected chi connectivity index (χ3v) is 4.25. The minimum Gasteiger partial charge on any atom is -0.373 e. The third kappa shape index (κ3) is 2.30. The summed E-state index contributed by atoms with van der Waals surface area (Å²) in [4.78, 5) is 9.46. The third-order valence-electron chi connectivity index (χ3n) is 1.78. The molecule has 0 radical (unpaired) electrons. The van der Waals surface area contributed by atoms with Crippen LogP contribution in [0.4, 0.5) is 5.82 Å². The summed E-state index contributed by atoms with van der Waals surface area (Å²) in [7, 11) is 1.82. The van der Waals surface area contributed by atoms with Gasteiger partial charge < -0.3 is 5.32 Å². The van der Waals surface area contributed by atoms with Gasteiger partial charge in [0.2, 0.25) is 0 Å². The fourth-order valence-corrected chi connectivity index (χ4v) is 2.72. The van der Waals surface area contributed by atoms with Crippen molar-refractivity contribution < 1.29 is 0 Å². The van der Waals surface area contributed by atoms with Gasteiger partial charge in [0.15, 0.2) is 5.82 Å². The van der Waals surface area contributed by atoms with Gasteiger partial charge in [0, 0.05) is 17.7 Å². The van der Waals surface area contributed by atoms with Crippen molar-refractivity contribution in [1.29, 1.82) is 0 Å². The van der Waals surface area contributed by atoms with Gasteiger partial charge in [-0.1, -0.05) is 11.6 Å². The van der Waals surface area contributed by atoms with Crippen LogP contribution >= 0.6 is 38.9 Å². The Morgan fingerprint density at radius 3 is 2.93 bits per heavy atom. The van der Waals surface area contributed by atoms with E-state index in [1.54, 1.807) is 6.20 Å². The molecule has 2 rings (SSSR count). The van der Waals surface area contributed by atoms with Crippen LogP contribution < -0.4 is 5.32 Å². The van der Waals surface area contributed by atoms with E-state index in [4.69, 9.17) is 11.6 Å². The molecule has 0 aliphatic rings. The van der Waals surface area contributed by atoms with E-state index in [-0.39, 0.29) is 0 Å². The highest BCUT2D eigenvalue weighted by molar-refractivity contribution is 9.10. The Bertz CT molecular complexity index is 466. The minimum absolute atomic E-state index is 0.680. The highest BCUT2D eigenvalue weighted by Gasteiger charge is 2.09. The summed E-state index contributed by atoms with van der Waals surface area (Å²) in [6.07, 6.45) is 1.72. The van der Waals surface area contributed by atoms with Crippen LogP contribution in [-0.2, 0) is 0 Å². The van der Waals surface area contributed by atoms with Gasteiger partial charge in [-0.15, -0.1) is 11.3 Å². The molecule has 0 fully saturated rings. The quantitative estimate of drug-likeness (QED) is 0.920. The molecule has 2 aromatic heterocycles. The fourth-order valence-electron chi connectivity index (χ4n) is 1.07. The number of halogens is 2. The molecule has 78 valence electrons. The van der Waals surface area contributed by atoms with E-state index in [0.29, 0.717) is 10.2 Å². The molecule has 0 saturated carbocycles. The molecule has 0 saturated heterocycles. The predicted octanol–water partition coefficient (Wildman–Crippen LogP) is 3.66. The fraction of sp³-hybridized carbons (Fsp3) is 0.111. The molecule has 2 heterocycles. The van der Waals surface area contributed by atoms with Crippen molar-refractivity contribution in [3.05, 3.63) is 27.1 Å². The summed E-state index contributed by atoms with van der Waals surface area (Å²) in [5.74, 6) is 1.47. The van der Waals surface area contributed by atoms with Crippen molar-refractivity contribution in [1.82, 2.24) is 9.97 Å². The van der Waals surface area contributed by atoms with E-state index in [2.05, 4.69) is 31.2 Å². The first-order chi connectivity index (χ1) is 7.20. The number of hydrogen-bond donors (Lipinski definition) is 1. The molecule has 0 aliphatic heterocycles. The van der Waals surface area contributed by atoms with Crippen molar-refractivity contribution in [3.8, 4) is 10.7 Å². The van der Waals surface area contributed by atoms with Crippen molar-refractivity contribution in [2.75, 3.05) is 12.4 Å². The van der Waals surface area contributed by atoms with Crippen LogP contribution in [0.25, 0.3) is 10.7 Å². The standard InChI is InChI=1S/C9H7BrClN3S/c1-12-7-2-3-13-9(14-7)6-4-5(10)8(11)15-6/h2-4H,1H3,(H,12,13,14). The SMILES string of the molecule is CNc1ccnc(-c2cc(Br)c(Cl)s2)n1. The maximum Gasteiger partial charge on any atom is 0.171 e. The molecule has 0 atom stereocenters. The van der Waals surface area contributed by atoms with Gasteiger partial charge in [-0.25, -0.2) is 9.97 Å². The van der Waals surface area contributed by atoms with E-state index in [1.165, 1.54) is 11.3 Å². The van der Waals surface area contributed by atoms with Crippen LogP contribution in [0.2, 0.25) is 4.34 Å². The van der Waals surface area contributed by atoms with Gasteiger partial charge in [0.05, 0.1) is 4.88 Å². The number of aromatic nitrogens is 2. The Kier molecular flexibility index (Phi) is 3.23. The van der Waals surface area contributed by atoms with Crippen LogP contribution in [-0.4, -0.2) is 17.0 Å². The summed E-state index contributed by atoms with van der Waals surface area (Å²) in [6, 6.07) is 3.73. The summed E-state index contributed by atoms with van der Waals surface area (Å²) in [5, 5.41) is 2.97. The molecule has 0 aliphatic carbocycles. The van der Waals surface area contributed by atoms with Crippen LogP contribution in [0.15, 0.2) is 22.8 Å². The first kappa shape index (κ1) is 10.9. The molecule has 0 bridgehead atoms. The van der Waals surface area contributed by atoms with Gasteiger partial charge in [0.1, 0.15) is 10.2 Å². The van der Waals surface area contributed by atoms with Gasteiger partial charge in [-0.3, -0.25) is 0 Å². The zero-order valence-electron chi connectivity index (χ0n) is 7.79. The molecule has 1 N–H and O–H groups in total. The molecule has 0 unspecified atom stereocenters. The summed E-state index contributed by atoms with van der Waals surface area (Å²) in [6.45, 7) is 0. The second kappa shape index (κ2) is 4.47. The summed E-state index contributed by atoms with van der Waals surface area (Å²) in [5.41, 5.74) is 0. The lowest BCUT2D eigenvalue weighted by atomic mass is 10.4. The smallest absolute Gasteiger partial charge is 0.171 e. The second-order valence-electron chi connectivity index (χ2n) is 2.75. The van der Waals surface area contributed by atoms with Gasteiger partial charge in [-0.05, 0) is 28.1 Å². The Balaban J connectivity index is 2.44. The number of thiophene rings is 1. The molecule has 2 aromatic rings. The predicted molar refractivity (Wildman–Crippen MR) is 67.6 cm³/mol. The van der Waals surface area contributed by atoms with E-state index in [1.807, 2.05) is 19.2 Å². The van der Waals surface area contributed by atoms with Crippen molar-refractivity contribution in [2.24, 2.45) is 0 Å². The number of anilines is 1. The molecular formula is C9H7BrClN3S. The molecule has 15 heavy (non-hydrogen) atoms. The van der Waals surface area contributed by atoms with Crippen LogP contribution in [0.5, 0.6) is 0 Å². The lowest BCUT2D eigenvalue weighted by molar-refractivity contribution is 1.18. The maximum absolute atomic E-state index is 5.95. The number of nitrogens with one attached hydrogen (secondary N) is 1. The molecule has 3 nitrogen and oxygen atoms in total.